The molecule has 0 N–H and O–H groups in total. The van der Waals surface area contributed by atoms with Gasteiger partial charge in [-0.1, -0.05) is 0 Å². The van der Waals surface area contributed by atoms with Gasteiger partial charge in [0.15, 0.2) is 0 Å². The number of benzene rings is 1. The summed E-state index contributed by atoms with van der Waals surface area (Å²) < 4.78 is 16.6. The van der Waals surface area contributed by atoms with Crippen LogP contribution in [-0.2, 0) is 5.54 Å². The van der Waals surface area contributed by atoms with E-state index in [0.29, 0.717) is 10.9 Å². The van der Waals surface area contributed by atoms with Crippen molar-refractivity contribution in [3.05, 3.63) is 58.9 Å². The molecule has 3 aromatic rings. The molecular formula is C16H16FN3O. The molecule has 0 aliphatic heterocycles. The maximum absolute atomic E-state index is 13.2. The lowest BCUT2D eigenvalue weighted by Crippen LogP contribution is -2.36. The molecule has 5 heteroatoms. The molecule has 21 heavy (non-hydrogen) atoms. The van der Waals surface area contributed by atoms with E-state index < -0.39 is 5.54 Å². The van der Waals surface area contributed by atoms with Crippen molar-refractivity contribution in [2.45, 2.75) is 26.3 Å². The van der Waals surface area contributed by atoms with Gasteiger partial charge in [0.2, 0.25) is 0 Å². The van der Waals surface area contributed by atoms with Crippen molar-refractivity contribution >= 4 is 10.9 Å². The predicted octanol–water partition coefficient (Wildman–Crippen LogP) is 3.08. The highest BCUT2D eigenvalue weighted by molar-refractivity contribution is 5.79. The largest absolute Gasteiger partial charge is 0.275 e. The molecule has 0 bridgehead atoms. The van der Waals surface area contributed by atoms with Crippen molar-refractivity contribution in [1.82, 2.24) is 14.3 Å². The predicted molar refractivity (Wildman–Crippen MR) is 80.3 cm³/mol. The van der Waals surface area contributed by atoms with Gasteiger partial charge in [0.1, 0.15) is 5.82 Å². The molecule has 0 fully saturated rings. The van der Waals surface area contributed by atoms with Crippen LogP contribution in [0.5, 0.6) is 0 Å². The molecule has 0 spiro atoms. The van der Waals surface area contributed by atoms with Crippen molar-refractivity contribution in [2.75, 3.05) is 0 Å². The van der Waals surface area contributed by atoms with Gasteiger partial charge < -0.3 is 0 Å². The van der Waals surface area contributed by atoms with Crippen LogP contribution in [0.4, 0.5) is 4.39 Å². The molecule has 0 radical (unpaired) electrons. The SMILES string of the molecule is CC(C)(C)n1c(=O)c2ccncc2n1-c1ccc(F)cc1. The Balaban J connectivity index is 2.45. The van der Waals surface area contributed by atoms with E-state index in [1.807, 2.05) is 20.8 Å². The van der Waals surface area contributed by atoms with Gasteiger partial charge in [-0.05, 0) is 51.1 Å². The number of halogens is 1. The van der Waals surface area contributed by atoms with Crippen LogP contribution in [-0.4, -0.2) is 14.3 Å². The third-order valence-electron chi connectivity index (χ3n) is 3.36. The molecule has 0 aliphatic carbocycles. The van der Waals surface area contributed by atoms with Crippen molar-refractivity contribution in [3.63, 3.8) is 0 Å². The van der Waals surface area contributed by atoms with E-state index in [0.717, 1.165) is 5.69 Å². The van der Waals surface area contributed by atoms with Crippen molar-refractivity contribution < 1.29 is 4.39 Å². The maximum atomic E-state index is 13.2. The molecule has 3 rings (SSSR count). The summed E-state index contributed by atoms with van der Waals surface area (Å²) in [6, 6.07) is 7.79. The Labute approximate surface area is 121 Å². The molecule has 0 saturated carbocycles. The Hall–Kier alpha value is -2.43. The molecule has 4 nitrogen and oxygen atoms in total. The Morgan fingerprint density at radius 2 is 1.76 bits per heavy atom. The molecule has 0 amide bonds. The van der Waals surface area contributed by atoms with E-state index in [-0.39, 0.29) is 11.4 Å². The quantitative estimate of drug-likeness (QED) is 0.689. The second-order valence-corrected chi connectivity index (χ2v) is 5.97. The lowest BCUT2D eigenvalue weighted by Gasteiger charge is -2.24. The van der Waals surface area contributed by atoms with Crippen LogP contribution >= 0.6 is 0 Å². The van der Waals surface area contributed by atoms with Gasteiger partial charge in [0.25, 0.3) is 5.56 Å². The summed E-state index contributed by atoms with van der Waals surface area (Å²) >= 11 is 0. The van der Waals surface area contributed by atoms with Crippen LogP contribution in [0.25, 0.3) is 16.6 Å². The first-order valence-corrected chi connectivity index (χ1v) is 6.74. The number of pyridine rings is 1. The average Bonchev–Trinajstić information content (AvgIpc) is 2.74. The van der Waals surface area contributed by atoms with Gasteiger partial charge in [-0.15, -0.1) is 0 Å². The zero-order valence-electron chi connectivity index (χ0n) is 12.2. The summed E-state index contributed by atoms with van der Waals surface area (Å²) in [5.74, 6) is -0.307. The van der Waals surface area contributed by atoms with Gasteiger partial charge in [0.05, 0.1) is 28.3 Å². The van der Waals surface area contributed by atoms with Gasteiger partial charge >= 0.3 is 0 Å². The van der Waals surface area contributed by atoms with E-state index in [1.54, 1.807) is 40.0 Å². The normalized spacial score (nSPS) is 12.0. The van der Waals surface area contributed by atoms with Gasteiger partial charge in [-0.3, -0.25) is 9.78 Å². The zero-order valence-corrected chi connectivity index (χ0v) is 12.2. The van der Waals surface area contributed by atoms with E-state index in [2.05, 4.69) is 4.98 Å². The summed E-state index contributed by atoms with van der Waals surface area (Å²) in [6.45, 7) is 5.88. The Kier molecular flexibility index (Phi) is 2.93. The summed E-state index contributed by atoms with van der Waals surface area (Å²) in [6.07, 6.45) is 3.26. The molecule has 1 aromatic carbocycles. The third-order valence-corrected chi connectivity index (χ3v) is 3.36. The Bertz CT molecular complexity index is 854. The molecule has 0 aliphatic rings. The molecule has 108 valence electrons. The van der Waals surface area contributed by atoms with E-state index >= 15 is 0 Å². The maximum Gasteiger partial charge on any atom is 0.275 e. The van der Waals surface area contributed by atoms with Crippen molar-refractivity contribution in [1.29, 1.82) is 0 Å². The molecule has 2 aromatic heterocycles. The molecule has 0 unspecified atom stereocenters. The standard InChI is InChI=1S/C16H16FN3O/c1-16(2,3)20-15(21)13-8-9-18-10-14(13)19(20)12-6-4-11(17)5-7-12/h4-10H,1-3H3. The van der Waals surface area contributed by atoms with Crippen molar-refractivity contribution in [2.24, 2.45) is 0 Å². The zero-order chi connectivity index (χ0) is 15.2. The Morgan fingerprint density at radius 3 is 2.38 bits per heavy atom. The van der Waals surface area contributed by atoms with E-state index in [4.69, 9.17) is 0 Å². The van der Waals surface area contributed by atoms with Crippen LogP contribution in [0.1, 0.15) is 20.8 Å². The first kappa shape index (κ1) is 13.5. The second kappa shape index (κ2) is 4.55. The first-order valence-electron chi connectivity index (χ1n) is 6.74. The molecule has 0 saturated heterocycles. The van der Waals surface area contributed by atoms with Crippen LogP contribution < -0.4 is 5.56 Å². The lowest BCUT2D eigenvalue weighted by molar-refractivity contribution is 0.323. The summed E-state index contributed by atoms with van der Waals surface area (Å²) in [5.41, 5.74) is 0.949. The number of nitrogens with zero attached hydrogens (tertiary/aromatic N) is 3. The van der Waals surface area contributed by atoms with E-state index in [9.17, 15) is 9.18 Å². The second-order valence-electron chi connectivity index (χ2n) is 5.97. The van der Waals surface area contributed by atoms with Crippen LogP contribution in [0.2, 0.25) is 0 Å². The smallest absolute Gasteiger partial charge is 0.267 e. The molecule has 0 atom stereocenters. The van der Waals surface area contributed by atoms with Crippen LogP contribution in [0.3, 0.4) is 0 Å². The fourth-order valence-electron chi connectivity index (χ4n) is 2.49. The van der Waals surface area contributed by atoms with Crippen molar-refractivity contribution in [3.8, 4) is 5.69 Å². The summed E-state index contributed by atoms with van der Waals surface area (Å²) in [4.78, 5) is 16.8. The van der Waals surface area contributed by atoms with Gasteiger partial charge in [0, 0.05) is 6.20 Å². The lowest BCUT2D eigenvalue weighted by atomic mass is 10.1. The fourth-order valence-corrected chi connectivity index (χ4v) is 2.49. The molecular weight excluding hydrogens is 269 g/mol. The fraction of sp³-hybridized carbons (Fsp3) is 0.250. The summed E-state index contributed by atoms with van der Waals surface area (Å²) in [7, 11) is 0. The van der Waals surface area contributed by atoms with Crippen LogP contribution in [0.15, 0.2) is 47.5 Å². The topological polar surface area (TPSA) is 39.8 Å². The van der Waals surface area contributed by atoms with Gasteiger partial charge in [-0.2, -0.15) is 0 Å². The third kappa shape index (κ3) is 2.14. The number of fused-ring (bicyclic) bond motifs is 1. The van der Waals surface area contributed by atoms with Crippen LogP contribution in [0, 0.1) is 5.82 Å². The highest BCUT2D eigenvalue weighted by Crippen LogP contribution is 2.22. The number of rotatable bonds is 1. The number of hydrogen-bond acceptors (Lipinski definition) is 2. The number of hydrogen-bond donors (Lipinski definition) is 0. The average molecular weight is 285 g/mol. The minimum absolute atomic E-state index is 0.0794. The number of aromatic nitrogens is 3. The minimum Gasteiger partial charge on any atom is -0.267 e. The Morgan fingerprint density at radius 1 is 1.10 bits per heavy atom. The van der Waals surface area contributed by atoms with Gasteiger partial charge in [-0.25, -0.2) is 13.8 Å². The highest BCUT2D eigenvalue weighted by Gasteiger charge is 2.23. The monoisotopic (exact) mass is 285 g/mol. The highest BCUT2D eigenvalue weighted by atomic mass is 19.1. The molecule has 2 heterocycles. The minimum atomic E-state index is -0.412. The summed E-state index contributed by atoms with van der Waals surface area (Å²) in [5, 5.41) is 0.601. The first-order chi connectivity index (χ1) is 9.89. The van der Waals surface area contributed by atoms with E-state index in [1.165, 1.54) is 12.1 Å².